The minimum absolute atomic E-state index is 0.273. The zero-order valence-electron chi connectivity index (χ0n) is 10.6. The molecule has 0 saturated heterocycles. The summed E-state index contributed by atoms with van der Waals surface area (Å²) in [5.41, 5.74) is 5.74. The summed E-state index contributed by atoms with van der Waals surface area (Å²) in [6, 6.07) is 9.90. The van der Waals surface area contributed by atoms with Crippen LogP contribution in [0.25, 0.3) is 5.57 Å². The van der Waals surface area contributed by atoms with E-state index in [9.17, 15) is 4.79 Å². The Morgan fingerprint density at radius 3 is 2.41 bits per heavy atom. The maximum absolute atomic E-state index is 11.6. The molecule has 0 N–H and O–H groups in total. The quantitative estimate of drug-likeness (QED) is 0.449. The number of carbonyl (C=O) groups excluding carboxylic acids is 1. The average Bonchev–Trinajstić information content (AvgIpc) is 2.37. The minimum atomic E-state index is -0.273. The summed E-state index contributed by atoms with van der Waals surface area (Å²) < 4.78 is 4.98. The molecule has 0 aliphatic rings. The summed E-state index contributed by atoms with van der Waals surface area (Å²) in [5, 5.41) is 0. The largest absolute Gasteiger partial charge is 0.462 e. The Bertz CT molecular complexity index is 437. The molecule has 0 spiro atoms. The van der Waals surface area contributed by atoms with Crippen LogP contribution >= 0.6 is 0 Å². The lowest BCUT2D eigenvalue weighted by atomic mass is 10.1. The SMILES string of the molecule is CCOC(=O)C(=C=C(C)c1ccccc1)CC. The highest BCUT2D eigenvalue weighted by Crippen LogP contribution is 2.13. The van der Waals surface area contributed by atoms with E-state index in [1.54, 1.807) is 6.92 Å². The number of benzene rings is 1. The third-order valence-electron chi connectivity index (χ3n) is 2.42. The Kier molecular flexibility index (Phi) is 5.25. The van der Waals surface area contributed by atoms with Crippen molar-refractivity contribution in [1.82, 2.24) is 0 Å². The summed E-state index contributed by atoms with van der Waals surface area (Å²) in [6.45, 7) is 6.08. The molecule has 0 atom stereocenters. The molecule has 0 saturated carbocycles. The molecule has 0 aromatic heterocycles. The van der Waals surface area contributed by atoms with Crippen LogP contribution in [-0.2, 0) is 9.53 Å². The van der Waals surface area contributed by atoms with Gasteiger partial charge >= 0.3 is 5.97 Å². The first kappa shape index (κ1) is 13.3. The highest BCUT2D eigenvalue weighted by atomic mass is 16.5. The highest BCUT2D eigenvalue weighted by Gasteiger charge is 2.07. The normalized spacial score (nSPS) is 9.35. The molecular formula is C15H18O2. The van der Waals surface area contributed by atoms with Gasteiger partial charge in [-0.15, -0.1) is 5.73 Å². The van der Waals surface area contributed by atoms with Crippen molar-refractivity contribution in [2.75, 3.05) is 6.61 Å². The molecule has 1 aromatic carbocycles. The summed E-state index contributed by atoms with van der Waals surface area (Å²) >= 11 is 0. The third kappa shape index (κ3) is 3.93. The zero-order chi connectivity index (χ0) is 12.7. The fraction of sp³-hybridized carbons (Fsp3) is 0.333. The number of carbonyl (C=O) groups is 1. The van der Waals surface area contributed by atoms with Gasteiger partial charge in [0.05, 0.1) is 12.2 Å². The Morgan fingerprint density at radius 1 is 1.24 bits per heavy atom. The van der Waals surface area contributed by atoms with Gasteiger partial charge < -0.3 is 4.74 Å². The van der Waals surface area contributed by atoms with Gasteiger partial charge in [-0.05, 0) is 31.4 Å². The number of rotatable bonds is 4. The second-order valence-corrected chi connectivity index (χ2v) is 3.67. The maximum Gasteiger partial charge on any atom is 0.341 e. The Balaban J connectivity index is 3.08. The molecule has 0 radical (unpaired) electrons. The van der Waals surface area contributed by atoms with Gasteiger partial charge in [0, 0.05) is 0 Å². The van der Waals surface area contributed by atoms with Gasteiger partial charge in [0.1, 0.15) is 0 Å². The van der Waals surface area contributed by atoms with Gasteiger partial charge in [0.2, 0.25) is 0 Å². The predicted molar refractivity (Wildman–Crippen MR) is 69.5 cm³/mol. The van der Waals surface area contributed by atoms with E-state index < -0.39 is 0 Å². The number of hydrogen-bond acceptors (Lipinski definition) is 2. The van der Waals surface area contributed by atoms with Crippen LogP contribution in [0.15, 0.2) is 41.6 Å². The van der Waals surface area contributed by atoms with E-state index in [-0.39, 0.29) is 5.97 Å². The summed E-state index contributed by atoms with van der Waals surface area (Å²) in [4.78, 5) is 11.6. The second-order valence-electron chi connectivity index (χ2n) is 3.67. The number of esters is 1. The van der Waals surface area contributed by atoms with Crippen molar-refractivity contribution >= 4 is 11.5 Å². The fourth-order valence-corrected chi connectivity index (χ4v) is 1.49. The van der Waals surface area contributed by atoms with E-state index >= 15 is 0 Å². The van der Waals surface area contributed by atoms with Gasteiger partial charge in [-0.25, -0.2) is 4.79 Å². The van der Waals surface area contributed by atoms with Crippen LogP contribution in [0.1, 0.15) is 32.8 Å². The van der Waals surface area contributed by atoms with Crippen molar-refractivity contribution in [3.8, 4) is 0 Å². The van der Waals surface area contributed by atoms with E-state index in [1.807, 2.05) is 44.2 Å². The van der Waals surface area contributed by atoms with Gasteiger partial charge in [-0.3, -0.25) is 0 Å². The molecular weight excluding hydrogens is 212 g/mol. The molecule has 0 aliphatic heterocycles. The molecule has 2 heteroatoms. The van der Waals surface area contributed by atoms with Crippen molar-refractivity contribution in [2.45, 2.75) is 27.2 Å². The molecule has 0 bridgehead atoms. The van der Waals surface area contributed by atoms with Crippen molar-refractivity contribution in [1.29, 1.82) is 0 Å². The molecule has 0 unspecified atom stereocenters. The smallest absolute Gasteiger partial charge is 0.341 e. The maximum atomic E-state index is 11.6. The molecule has 0 fully saturated rings. The van der Waals surface area contributed by atoms with Crippen molar-refractivity contribution in [3.63, 3.8) is 0 Å². The van der Waals surface area contributed by atoms with Crippen LogP contribution in [0, 0.1) is 0 Å². The third-order valence-corrected chi connectivity index (χ3v) is 2.42. The lowest BCUT2D eigenvalue weighted by Gasteiger charge is -2.02. The topological polar surface area (TPSA) is 26.3 Å². The number of ether oxygens (including phenoxy) is 1. The molecule has 2 nitrogen and oxygen atoms in total. The summed E-state index contributed by atoms with van der Waals surface area (Å²) in [5.74, 6) is -0.273. The Hall–Kier alpha value is -1.79. The van der Waals surface area contributed by atoms with E-state index in [0.717, 1.165) is 11.1 Å². The van der Waals surface area contributed by atoms with Crippen molar-refractivity contribution in [3.05, 3.63) is 47.2 Å². The molecule has 1 rings (SSSR count). The average molecular weight is 230 g/mol. The molecule has 0 heterocycles. The molecule has 90 valence electrons. The van der Waals surface area contributed by atoms with Crippen molar-refractivity contribution < 1.29 is 9.53 Å². The fourth-order valence-electron chi connectivity index (χ4n) is 1.49. The first-order valence-electron chi connectivity index (χ1n) is 5.88. The van der Waals surface area contributed by atoms with Crippen molar-refractivity contribution in [2.24, 2.45) is 0 Å². The predicted octanol–water partition coefficient (Wildman–Crippen LogP) is 3.59. The van der Waals surface area contributed by atoms with Gasteiger partial charge in [0.15, 0.2) is 0 Å². The monoisotopic (exact) mass is 230 g/mol. The van der Waals surface area contributed by atoms with E-state index in [1.165, 1.54) is 0 Å². The lowest BCUT2D eigenvalue weighted by molar-refractivity contribution is -0.138. The van der Waals surface area contributed by atoms with E-state index in [0.29, 0.717) is 18.6 Å². The highest BCUT2D eigenvalue weighted by molar-refractivity contribution is 5.89. The van der Waals surface area contributed by atoms with Gasteiger partial charge in [0.25, 0.3) is 0 Å². The molecule has 17 heavy (non-hydrogen) atoms. The van der Waals surface area contributed by atoms with E-state index in [4.69, 9.17) is 4.74 Å². The minimum Gasteiger partial charge on any atom is -0.462 e. The Morgan fingerprint density at radius 2 is 1.88 bits per heavy atom. The van der Waals surface area contributed by atoms with Crippen LogP contribution in [0.4, 0.5) is 0 Å². The van der Waals surface area contributed by atoms with Crippen LogP contribution < -0.4 is 0 Å². The van der Waals surface area contributed by atoms with Crippen LogP contribution in [0.5, 0.6) is 0 Å². The number of hydrogen-bond donors (Lipinski definition) is 0. The standard InChI is InChI=1S/C15H18O2/c1-4-13(15(16)17-5-2)11-12(3)14-9-7-6-8-10-14/h6-10H,4-5H2,1-3H3. The second kappa shape index (κ2) is 6.72. The van der Waals surface area contributed by atoms with Gasteiger partial charge in [-0.2, -0.15) is 0 Å². The first-order chi connectivity index (χ1) is 8.19. The zero-order valence-corrected chi connectivity index (χ0v) is 10.6. The lowest BCUT2D eigenvalue weighted by Crippen LogP contribution is -2.06. The Labute approximate surface area is 103 Å². The van der Waals surface area contributed by atoms with Crippen LogP contribution in [0.2, 0.25) is 0 Å². The molecule has 0 aliphatic carbocycles. The summed E-state index contributed by atoms with van der Waals surface area (Å²) in [6.07, 6.45) is 0.628. The van der Waals surface area contributed by atoms with Crippen LogP contribution in [0.3, 0.4) is 0 Å². The summed E-state index contributed by atoms with van der Waals surface area (Å²) in [7, 11) is 0. The molecule has 0 amide bonds. The molecule has 1 aromatic rings. The van der Waals surface area contributed by atoms with E-state index in [2.05, 4.69) is 5.73 Å². The van der Waals surface area contributed by atoms with Gasteiger partial charge in [-0.1, -0.05) is 37.3 Å². The first-order valence-corrected chi connectivity index (χ1v) is 5.88. The van der Waals surface area contributed by atoms with Crippen LogP contribution in [-0.4, -0.2) is 12.6 Å².